The van der Waals surface area contributed by atoms with Gasteiger partial charge in [0, 0.05) is 23.5 Å². The van der Waals surface area contributed by atoms with E-state index in [1.54, 1.807) is 18.0 Å². The highest BCUT2D eigenvalue weighted by atomic mass is 35.5. The van der Waals surface area contributed by atoms with E-state index in [1.807, 2.05) is 36.6 Å². The highest BCUT2D eigenvalue weighted by Crippen LogP contribution is 2.26. The van der Waals surface area contributed by atoms with E-state index in [4.69, 9.17) is 11.6 Å². The standard InChI is InChI=1S/C20H24ClN3OS/c1-26-14-16-7-5-9-22-19(16)20(25)23-13-18(24-10-2-3-11-24)15-6-4-8-17(21)12-15/h4-9,12,18H,2-3,10-11,13-14H2,1H3,(H,23,25). The number of amides is 1. The quantitative estimate of drug-likeness (QED) is 0.772. The van der Waals surface area contributed by atoms with E-state index in [-0.39, 0.29) is 11.9 Å². The molecule has 0 aliphatic carbocycles. The van der Waals surface area contributed by atoms with Crippen molar-refractivity contribution in [2.75, 3.05) is 25.9 Å². The van der Waals surface area contributed by atoms with Gasteiger partial charge in [-0.15, -0.1) is 0 Å². The fourth-order valence-corrected chi connectivity index (χ4v) is 4.16. The van der Waals surface area contributed by atoms with Gasteiger partial charge in [0.1, 0.15) is 5.69 Å². The molecule has 1 N–H and O–H groups in total. The number of hydrogen-bond donors (Lipinski definition) is 1. The molecule has 4 nitrogen and oxygen atoms in total. The monoisotopic (exact) mass is 389 g/mol. The summed E-state index contributed by atoms with van der Waals surface area (Å²) in [6, 6.07) is 11.9. The first-order valence-electron chi connectivity index (χ1n) is 8.89. The lowest BCUT2D eigenvalue weighted by Gasteiger charge is -2.28. The van der Waals surface area contributed by atoms with Gasteiger partial charge in [0.2, 0.25) is 0 Å². The summed E-state index contributed by atoms with van der Waals surface area (Å²) in [5.41, 5.74) is 2.64. The number of carbonyl (C=O) groups excluding carboxylic acids is 1. The molecule has 26 heavy (non-hydrogen) atoms. The number of thioether (sulfide) groups is 1. The highest BCUT2D eigenvalue weighted by Gasteiger charge is 2.24. The Bertz CT molecular complexity index is 749. The third-order valence-electron chi connectivity index (χ3n) is 4.68. The molecule has 3 rings (SSSR count). The number of likely N-dealkylation sites (tertiary alicyclic amines) is 1. The zero-order chi connectivity index (χ0) is 18.4. The van der Waals surface area contributed by atoms with Gasteiger partial charge >= 0.3 is 0 Å². The number of nitrogens with one attached hydrogen (secondary N) is 1. The molecule has 0 saturated carbocycles. The molecule has 1 aliphatic rings. The predicted molar refractivity (Wildman–Crippen MR) is 109 cm³/mol. The fourth-order valence-electron chi connectivity index (χ4n) is 3.41. The van der Waals surface area contributed by atoms with Crippen LogP contribution in [0.15, 0.2) is 42.6 Å². The maximum Gasteiger partial charge on any atom is 0.270 e. The van der Waals surface area contributed by atoms with Gasteiger partial charge in [-0.25, -0.2) is 0 Å². The second-order valence-electron chi connectivity index (χ2n) is 6.47. The van der Waals surface area contributed by atoms with Gasteiger partial charge in [0.25, 0.3) is 5.91 Å². The number of rotatable bonds is 7. The number of nitrogens with zero attached hydrogens (tertiary/aromatic N) is 2. The van der Waals surface area contributed by atoms with Crippen LogP contribution in [0.2, 0.25) is 5.02 Å². The smallest absolute Gasteiger partial charge is 0.270 e. The third-order valence-corrected chi connectivity index (χ3v) is 5.51. The molecule has 0 spiro atoms. The van der Waals surface area contributed by atoms with Crippen molar-refractivity contribution in [3.63, 3.8) is 0 Å². The van der Waals surface area contributed by atoms with Crippen LogP contribution in [0.25, 0.3) is 0 Å². The van der Waals surface area contributed by atoms with Gasteiger partial charge in [-0.3, -0.25) is 14.7 Å². The summed E-state index contributed by atoms with van der Waals surface area (Å²) in [7, 11) is 0. The molecule has 6 heteroatoms. The van der Waals surface area contributed by atoms with E-state index < -0.39 is 0 Å². The topological polar surface area (TPSA) is 45.2 Å². The molecule has 0 radical (unpaired) electrons. The summed E-state index contributed by atoms with van der Waals surface area (Å²) in [5, 5.41) is 3.82. The Morgan fingerprint density at radius 1 is 1.31 bits per heavy atom. The third kappa shape index (κ3) is 4.78. The van der Waals surface area contributed by atoms with E-state index in [0.717, 1.165) is 35.0 Å². The normalized spacial score (nSPS) is 15.8. The van der Waals surface area contributed by atoms with Crippen LogP contribution in [0, 0.1) is 0 Å². The van der Waals surface area contributed by atoms with Gasteiger partial charge in [0.05, 0.1) is 6.04 Å². The molecule has 2 heterocycles. The second-order valence-corrected chi connectivity index (χ2v) is 7.77. The van der Waals surface area contributed by atoms with E-state index >= 15 is 0 Å². The molecule has 1 unspecified atom stereocenters. The molecule has 1 aliphatic heterocycles. The maximum absolute atomic E-state index is 12.7. The van der Waals surface area contributed by atoms with Gasteiger partial charge in [-0.2, -0.15) is 11.8 Å². The minimum absolute atomic E-state index is 0.110. The number of aromatic nitrogens is 1. The van der Waals surface area contributed by atoms with E-state index in [9.17, 15) is 4.79 Å². The summed E-state index contributed by atoms with van der Waals surface area (Å²) in [5.74, 6) is 0.668. The van der Waals surface area contributed by atoms with Crippen LogP contribution < -0.4 is 5.32 Å². The number of pyridine rings is 1. The average molecular weight is 390 g/mol. The first-order chi connectivity index (χ1) is 12.7. The van der Waals surface area contributed by atoms with Crippen molar-refractivity contribution >= 4 is 29.3 Å². The van der Waals surface area contributed by atoms with Crippen LogP contribution in [0.5, 0.6) is 0 Å². The average Bonchev–Trinajstić information content (AvgIpc) is 3.17. The first-order valence-corrected chi connectivity index (χ1v) is 10.7. The number of carbonyl (C=O) groups is 1. The van der Waals surface area contributed by atoms with Gasteiger partial charge in [0.15, 0.2) is 0 Å². The Balaban J connectivity index is 1.74. The summed E-state index contributed by atoms with van der Waals surface area (Å²) in [6.07, 6.45) is 6.09. The molecular formula is C20H24ClN3OS. The molecule has 2 aromatic rings. The van der Waals surface area contributed by atoms with Crippen molar-refractivity contribution in [3.8, 4) is 0 Å². The van der Waals surface area contributed by atoms with Crippen molar-refractivity contribution < 1.29 is 4.79 Å². The van der Waals surface area contributed by atoms with Crippen LogP contribution in [-0.2, 0) is 5.75 Å². The Hall–Kier alpha value is -1.56. The van der Waals surface area contributed by atoms with E-state index in [0.29, 0.717) is 12.2 Å². The molecule has 1 fully saturated rings. The van der Waals surface area contributed by atoms with Crippen LogP contribution in [0.3, 0.4) is 0 Å². The molecule has 1 aromatic carbocycles. The van der Waals surface area contributed by atoms with Crippen molar-refractivity contribution in [3.05, 3.63) is 64.4 Å². The molecule has 1 saturated heterocycles. The van der Waals surface area contributed by atoms with E-state index in [2.05, 4.69) is 21.3 Å². The van der Waals surface area contributed by atoms with Crippen molar-refractivity contribution in [1.29, 1.82) is 0 Å². The zero-order valence-electron chi connectivity index (χ0n) is 15.0. The van der Waals surface area contributed by atoms with Crippen LogP contribution in [0.1, 0.15) is 40.5 Å². The lowest BCUT2D eigenvalue weighted by atomic mass is 10.1. The maximum atomic E-state index is 12.7. The lowest BCUT2D eigenvalue weighted by molar-refractivity contribution is 0.0932. The SMILES string of the molecule is CSCc1cccnc1C(=O)NCC(c1cccc(Cl)c1)N1CCCC1. The summed E-state index contributed by atoms with van der Waals surface area (Å²) in [6.45, 7) is 2.65. The number of halogens is 1. The largest absolute Gasteiger partial charge is 0.349 e. The molecule has 0 bridgehead atoms. The number of benzene rings is 1. The van der Waals surface area contributed by atoms with Crippen LogP contribution in [-0.4, -0.2) is 41.7 Å². The van der Waals surface area contributed by atoms with Crippen molar-refractivity contribution in [1.82, 2.24) is 15.2 Å². The van der Waals surface area contributed by atoms with E-state index in [1.165, 1.54) is 12.8 Å². The summed E-state index contributed by atoms with van der Waals surface area (Å²) < 4.78 is 0. The molecular weight excluding hydrogens is 366 g/mol. The predicted octanol–water partition coefficient (Wildman–Crippen LogP) is 4.16. The first kappa shape index (κ1) is 19.2. The molecule has 138 valence electrons. The Labute approximate surface area is 164 Å². The minimum atomic E-state index is -0.110. The lowest BCUT2D eigenvalue weighted by Crippen LogP contribution is -2.37. The van der Waals surface area contributed by atoms with Crippen molar-refractivity contribution in [2.24, 2.45) is 0 Å². The summed E-state index contributed by atoms with van der Waals surface area (Å²) >= 11 is 7.88. The minimum Gasteiger partial charge on any atom is -0.349 e. The van der Waals surface area contributed by atoms with Crippen LogP contribution >= 0.6 is 23.4 Å². The number of hydrogen-bond acceptors (Lipinski definition) is 4. The Morgan fingerprint density at radius 3 is 2.85 bits per heavy atom. The van der Waals surface area contributed by atoms with Gasteiger partial charge in [-0.05, 0) is 61.5 Å². The fraction of sp³-hybridized carbons (Fsp3) is 0.400. The van der Waals surface area contributed by atoms with Crippen molar-refractivity contribution in [2.45, 2.75) is 24.6 Å². The second kappa shape index (κ2) is 9.40. The van der Waals surface area contributed by atoms with Gasteiger partial charge in [-0.1, -0.05) is 29.8 Å². The Morgan fingerprint density at radius 2 is 2.12 bits per heavy atom. The summed E-state index contributed by atoms with van der Waals surface area (Å²) in [4.78, 5) is 19.5. The zero-order valence-corrected chi connectivity index (χ0v) is 16.5. The highest BCUT2D eigenvalue weighted by molar-refractivity contribution is 7.97. The molecule has 1 aromatic heterocycles. The van der Waals surface area contributed by atoms with Gasteiger partial charge < -0.3 is 5.32 Å². The molecule has 1 amide bonds. The van der Waals surface area contributed by atoms with Crippen LogP contribution in [0.4, 0.5) is 0 Å². The molecule has 1 atom stereocenters. The Kier molecular flexibility index (Phi) is 6.94.